The van der Waals surface area contributed by atoms with Crippen LogP contribution in [0.1, 0.15) is 66.1 Å². The standard InChI is InChI=1S/C24H31N5O3S/c1-4-28-22(31)20-13-19(21(30)25-14-16-9-11-18(33-3)12-10-16)27-29(20)15-24(28,2)23(32)26-17-7-5-6-8-17/h9-13,17H,4-8,14-15H2,1-3H3,(H,25,30)(H,26,32)/t24-/m0/s1. The number of thioether (sulfide) groups is 1. The highest BCUT2D eigenvalue weighted by atomic mass is 32.2. The van der Waals surface area contributed by atoms with E-state index in [-0.39, 0.29) is 36.0 Å². The second-order valence-corrected chi connectivity index (χ2v) is 9.76. The van der Waals surface area contributed by atoms with E-state index < -0.39 is 5.54 Å². The van der Waals surface area contributed by atoms with Crippen molar-refractivity contribution >= 4 is 29.5 Å². The summed E-state index contributed by atoms with van der Waals surface area (Å²) in [6.45, 7) is 4.62. The minimum absolute atomic E-state index is 0.161. The maximum Gasteiger partial charge on any atom is 0.273 e. The van der Waals surface area contributed by atoms with Gasteiger partial charge in [0.1, 0.15) is 11.2 Å². The maximum absolute atomic E-state index is 13.2. The number of carbonyl (C=O) groups excluding carboxylic acids is 3. The Morgan fingerprint density at radius 2 is 1.91 bits per heavy atom. The molecule has 8 nitrogen and oxygen atoms in total. The first-order chi connectivity index (χ1) is 15.9. The fraction of sp³-hybridized carbons (Fsp3) is 0.500. The molecule has 1 fully saturated rings. The average Bonchev–Trinajstić information content (AvgIpc) is 3.48. The van der Waals surface area contributed by atoms with Gasteiger partial charge < -0.3 is 15.5 Å². The number of hydrogen-bond donors (Lipinski definition) is 2. The molecule has 0 bridgehead atoms. The molecule has 2 heterocycles. The first kappa shape index (κ1) is 23.4. The van der Waals surface area contributed by atoms with Gasteiger partial charge in [-0.25, -0.2) is 0 Å². The Morgan fingerprint density at radius 1 is 1.21 bits per heavy atom. The van der Waals surface area contributed by atoms with Crippen molar-refractivity contribution in [2.24, 2.45) is 0 Å². The molecule has 1 aliphatic heterocycles. The van der Waals surface area contributed by atoms with E-state index in [1.54, 1.807) is 23.6 Å². The van der Waals surface area contributed by atoms with Gasteiger partial charge in [0.15, 0.2) is 5.69 Å². The molecule has 4 rings (SSSR count). The molecule has 2 aromatic rings. The summed E-state index contributed by atoms with van der Waals surface area (Å²) in [5.74, 6) is -0.795. The number of aromatic nitrogens is 2. The first-order valence-electron chi connectivity index (χ1n) is 11.5. The third-order valence-corrected chi connectivity index (χ3v) is 7.38. The van der Waals surface area contributed by atoms with Crippen molar-refractivity contribution in [3.05, 3.63) is 47.3 Å². The number of rotatable bonds is 7. The SMILES string of the molecule is CCN1C(=O)c2cc(C(=O)NCc3ccc(SC)cc3)nn2C[C@@]1(C)C(=O)NC1CCCC1. The molecule has 1 atom stereocenters. The second kappa shape index (κ2) is 9.59. The van der Waals surface area contributed by atoms with Crippen molar-refractivity contribution in [2.75, 3.05) is 12.8 Å². The summed E-state index contributed by atoms with van der Waals surface area (Å²) in [6, 6.07) is 9.65. The number of nitrogens with zero attached hydrogens (tertiary/aromatic N) is 3. The molecule has 176 valence electrons. The molecule has 0 spiro atoms. The molecule has 1 saturated carbocycles. The summed E-state index contributed by atoms with van der Waals surface area (Å²) in [5.41, 5.74) is 0.433. The fourth-order valence-electron chi connectivity index (χ4n) is 4.67. The third kappa shape index (κ3) is 4.64. The van der Waals surface area contributed by atoms with Gasteiger partial charge in [-0.15, -0.1) is 11.8 Å². The fourth-order valence-corrected chi connectivity index (χ4v) is 5.08. The number of likely N-dealkylation sites (N-methyl/N-ethyl adjacent to an activating group) is 1. The third-order valence-electron chi connectivity index (χ3n) is 6.64. The largest absolute Gasteiger partial charge is 0.351 e. The molecule has 3 amide bonds. The van der Waals surface area contributed by atoms with E-state index in [1.807, 2.05) is 37.4 Å². The van der Waals surface area contributed by atoms with Crippen molar-refractivity contribution in [2.45, 2.75) is 69.1 Å². The number of carbonyl (C=O) groups is 3. The number of benzene rings is 1. The van der Waals surface area contributed by atoms with Crippen LogP contribution in [0.5, 0.6) is 0 Å². The molecular formula is C24H31N5O3S. The molecular weight excluding hydrogens is 438 g/mol. The van der Waals surface area contributed by atoms with Crippen LogP contribution in [0.2, 0.25) is 0 Å². The van der Waals surface area contributed by atoms with E-state index >= 15 is 0 Å². The summed E-state index contributed by atoms with van der Waals surface area (Å²) in [4.78, 5) is 41.9. The Bertz CT molecular complexity index is 1040. The van der Waals surface area contributed by atoms with Crippen LogP contribution in [0.3, 0.4) is 0 Å². The predicted octanol–water partition coefficient (Wildman–Crippen LogP) is 2.83. The van der Waals surface area contributed by atoms with Crippen molar-refractivity contribution in [1.82, 2.24) is 25.3 Å². The molecule has 1 aliphatic carbocycles. The summed E-state index contributed by atoms with van der Waals surface area (Å²) < 4.78 is 1.50. The van der Waals surface area contributed by atoms with Gasteiger partial charge in [-0.05, 0) is 50.6 Å². The van der Waals surface area contributed by atoms with Crippen LogP contribution in [-0.4, -0.2) is 56.8 Å². The molecule has 0 radical (unpaired) electrons. The van der Waals surface area contributed by atoms with Gasteiger partial charge in [-0.1, -0.05) is 25.0 Å². The molecule has 2 N–H and O–H groups in total. The normalized spacial score (nSPS) is 20.6. The molecule has 0 unspecified atom stereocenters. The van der Waals surface area contributed by atoms with Crippen LogP contribution >= 0.6 is 11.8 Å². The molecule has 0 saturated heterocycles. The van der Waals surface area contributed by atoms with E-state index in [0.717, 1.165) is 36.1 Å². The summed E-state index contributed by atoms with van der Waals surface area (Å²) in [6.07, 6.45) is 6.18. The lowest BCUT2D eigenvalue weighted by molar-refractivity contribution is -0.133. The number of amides is 3. The van der Waals surface area contributed by atoms with Gasteiger partial charge >= 0.3 is 0 Å². The van der Waals surface area contributed by atoms with Gasteiger partial charge in [0.25, 0.3) is 11.8 Å². The van der Waals surface area contributed by atoms with E-state index in [9.17, 15) is 14.4 Å². The minimum atomic E-state index is -1.06. The lowest BCUT2D eigenvalue weighted by Crippen LogP contribution is -2.64. The van der Waals surface area contributed by atoms with E-state index in [2.05, 4.69) is 15.7 Å². The van der Waals surface area contributed by atoms with E-state index in [4.69, 9.17) is 0 Å². The minimum Gasteiger partial charge on any atom is -0.351 e. The highest BCUT2D eigenvalue weighted by Gasteiger charge is 2.48. The summed E-state index contributed by atoms with van der Waals surface area (Å²) in [7, 11) is 0. The van der Waals surface area contributed by atoms with Crippen molar-refractivity contribution in [3.8, 4) is 0 Å². The van der Waals surface area contributed by atoms with Crippen LogP contribution in [0.15, 0.2) is 35.2 Å². The highest BCUT2D eigenvalue weighted by Crippen LogP contribution is 2.28. The van der Waals surface area contributed by atoms with Crippen LogP contribution in [0, 0.1) is 0 Å². The van der Waals surface area contributed by atoms with Crippen molar-refractivity contribution < 1.29 is 14.4 Å². The number of hydrogen-bond acceptors (Lipinski definition) is 5. The smallest absolute Gasteiger partial charge is 0.273 e. The van der Waals surface area contributed by atoms with Gasteiger partial charge in [-0.3, -0.25) is 19.1 Å². The molecule has 9 heteroatoms. The van der Waals surface area contributed by atoms with Gasteiger partial charge in [0, 0.05) is 30.1 Å². The Hall–Kier alpha value is -2.81. The monoisotopic (exact) mass is 469 g/mol. The molecule has 33 heavy (non-hydrogen) atoms. The zero-order valence-electron chi connectivity index (χ0n) is 19.4. The Morgan fingerprint density at radius 3 is 2.55 bits per heavy atom. The topological polar surface area (TPSA) is 96.3 Å². The first-order valence-corrected chi connectivity index (χ1v) is 12.7. The van der Waals surface area contributed by atoms with Crippen molar-refractivity contribution in [3.63, 3.8) is 0 Å². The van der Waals surface area contributed by atoms with Gasteiger partial charge in [0.2, 0.25) is 5.91 Å². The Labute approximate surface area is 198 Å². The average molecular weight is 470 g/mol. The quantitative estimate of drug-likeness (QED) is 0.608. The van der Waals surface area contributed by atoms with Crippen LogP contribution in [0.4, 0.5) is 0 Å². The lowest BCUT2D eigenvalue weighted by Gasteiger charge is -2.43. The molecule has 1 aromatic heterocycles. The maximum atomic E-state index is 13.2. The van der Waals surface area contributed by atoms with Crippen LogP contribution < -0.4 is 10.6 Å². The van der Waals surface area contributed by atoms with Crippen LogP contribution in [-0.2, 0) is 17.9 Å². The van der Waals surface area contributed by atoms with Crippen LogP contribution in [0.25, 0.3) is 0 Å². The molecule has 1 aromatic carbocycles. The number of fused-ring (bicyclic) bond motifs is 1. The molecule has 2 aliphatic rings. The van der Waals surface area contributed by atoms with Gasteiger partial charge in [0.05, 0.1) is 6.54 Å². The summed E-state index contributed by atoms with van der Waals surface area (Å²) >= 11 is 1.66. The van der Waals surface area contributed by atoms with Crippen molar-refractivity contribution in [1.29, 1.82) is 0 Å². The highest BCUT2D eigenvalue weighted by molar-refractivity contribution is 7.98. The Kier molecular flexibility index (Phi) is 6.78. The van der Waals surface area contributed by atoms with E-state index in [0.29, 0.717) is 18.8 Å². The lowest BCUT2D eigenvalue weighted by atomic mass is 9.94. The van der Waals surface area contributed by atoms with E-state index in [1.165, 1.54) is 10.7 Å². The Balaban J connectivity index is 1.49. The van der Waals surface area contributed by atoms with Gasteiger partial charge in [-0.2, -0.15) is 5.10 Å². The second-order valence-electron chi connectivity index (χ2n) is 8.88. The number of nitrogens with one attached hydrogen (secondary N) is 2. The summed E-state index contributed by atoms with van der Waals surface area (Å²) in [5, 5.41) is 10.4. The predicted molar refractivity (Wildman–Crippen MR) is 127 cm³/mol. The zero-order chi connectivity index (χ0) is 23.6. The zero-order valence-corrected chi connectivity index (χ0v) is 20.2.